The van der Waals surface area contributed by atoms with Crippen LogP contribution >= 0.6 is 0 Å². The molecule has 0 saturated carbocycles. The molecular formula is C19H23FN2O2. The van der Waals surface area contributed by atoms with Gasteiger partial charge in [0.2, 0.25) is 5.91 Å². The van der Waals surface area contributed by atoms with Crippen molar-refractivity contribution in [3.63, 3.8) is 0 Å². The highest BCUT2D eigenvalue weighted by molar-refractivity contribution is 5.90. The second kappa shape index (κ2) is 8.45. The maximum Gasteiger partial charge on any atom is 0.225 e. The molecule has 0 fully saturated rings. The maximum atomic E-state index is 13.1. The van der Waals surface area contributed by atoms with Crippen LogP contribution in [0.4, 0.5) is 10.1 Å². The summed E-state index contributed by atoms with van der Waals surface area (Å²) in [6.07, 6.45) is 0.341. The Kier molecular flexibility index (Phi) is 6.32. The van der Waals surface area contributed by atoms with Crippen LogP contribution in [0.5, 0.6) is 5.75 Å². The smallest absolute Gasteiger partial charge is 0.225 e. The minimum atomic E-state index is -0.363. The van der Waals surface area contributed by atoms with Crippen LogP contribution in [0.1, 0.15) is 24.9 Å². The third-order valence-electron chi connectivity index (χ3n) is 4.06. The Hall–Kier alpha value is -2.40. The monoisotopic (exact) mass is 330 g/mol. The first-order valence-corrected chi connectivity index (χ1v) is 7.89. The molecule has 2 rings (SSSR count). The standard InChI is InChI=1S/C19H23FN2O2/c1-14(15-7-9-18(24-3)10-8-15)22(2)12-11-19(23)21-17-6-4-5-16(20)13-17/h4-10,13-14H,11-12H2,1-3H3,(H,21,23). The van der Waals surface area contributed by atoms with Crippen molar-refractivity contribution in [2.45, 2.75) is 19.4 Å². The summed E-state index contributed by atoms with van der Waals surface area (Å²) in [5.74, 6) is 0.329. The van der Waals surface area contributed by atoms with Gasteiger partial charge in [-0.3, -0.25) is 9.69 Å². The largest absolute Gasteiger partial charge is 0.497 e. The molecule has 0 aliphatic heterocycles. The molecule has 1 atom stereocenters. The summed E-state index contributed by atoms with van der Waals surface area (Å²) in [5, 5.41) is 2.71. The van der Waals surface area contributed by atoms with Crippen molar-refractivity contribution >= 4 is 11.6 Å². The van der Waals surface area contributed by atoms with E-state index in [2.05, 4.69) is 17.1 Å². The van der Waals surface area contributed by atoms with E-state index in [1.807, 2.05) is 31.3 Å². The first kappa shape index (κ1) is 17.9. The van der Waals surface area contributed by atoms with E-state index in [1.54, 1.807) is 19.2 Å². The summed E-state index contributed by atoms with van der Waals surface area (Å²) >= 11 is 0. The highest BCUT2D eigenvalue weighted by atomic mass is 19.1. The molecule has 2 aromatic rings. The molecule has 5 heteroatoms. The molecule has 0 aromatic heterocycles. The topological polar surface area (TPSA) is 41.6 Å². The lowest BCUT2D eigenvalue weighted by molar-refractivity contribution is -0.116. The zero-order valence-corrected chi connectivity index (χ0v) is 14.3. The lowest BCUT2D eigenvalue weighted by Gasteiger charge is -2.25. The van der Waals surface area contributed by atoms with Crippen LogP contribution in [-0.4, -0.2) is 31.5 Å². The Morgan fingerprint density at radius 2 is 1.96 bits per heavy atom. The van der Waals surface area contributed by atoms with Crippen molar-refractivity contribution < 1.29 is 13.9 Å². The quantitative estimate of drug-likeness (QED) is 0.838. The molecule has 1 amide bonds. The summed E-state index contributed by atoms with van der Waals surface area (Å²) in [7, 11) is 3.62. The fraction of sp³-hybridized carbons (Fsp3) is 0.316. The van der Waals surface area contributed by atoms with Gasteiger partial charge in [-0.25, -0.2) is 4.39 Å². The first-order chi connectivity index (χ1) is 11.5. The van der Waals surface area contributed by atoms with Gasteiger partial charge in [-0.05, 0) is 49.9 Å². The minimum absolute atomic E-state index is 0.130. The minimum Gasteiger partial charge on any atom is -0.497 e. The lowest BCUT2D eigenvalue weighted by Crippen LogP contribution is -2.27. The summed E-state index contributed by atoms with van der Waals surface area (Å²) in [6, 6.07) is 14.0. The van der Waals surface area contributed by atoms with Crippen molar-refractivity contribution in [2.24, 2.45) is 0 Å². The molecule has 0 saturated heterocycles. The highest BCUT2D eigenvalue weighted by Gasteiger charge is 2.13. The van der Waals surface area contributed by atoms with Gasteiger partial charge in [0, 0.05) is 24.7 Å². The molecule has 1 unspecified atom stereocenters. The van der Waals surface area contributed by atoms with Crippen LogP contribution in [0.3, 0.4) is 0 Å². The van der Waals surface area contributed by atoms with E-state index in [0.717, 1.165) is 11.3 Å². The Balaban J connectivity index is 1.84. The van der Waals surface area contributed by atoms with E-state index in [-0.39, 0.29) is 17.8 Å². The van der Waals surface area contributed by atoms with Gasteiger partial charge in [0.05, 0.1) is 7.11 Å². The number of carbonyl (C=O) groups is 1. The number of halogens is 1. The summed E-state index contributed by atoms with van der Waals surface area (Å²) in [5.41, 5.74) is 1.63. The van der Waals surface area contributed by atoms with Crippen LogP contribution in [0.2, 0.25) is 0 Å². The van der Waals surface area contributed by atoms with Crippen LogP contribution in [0.15, 0.2) is 48.5 Å². The van der Waals surface area contributed by atoms with Gasteiger partial charge in [0.25, 0.3) is 0 Å². The third kappa shape index (κ3) is 5.06. The molecule has 0 aliphatic rings. The number of rotatable bonds is 7. The zero-order valence-electron chi connectivity index (χ0n) is 14.3. The van der Waals surface area contributed by atoms with E-state index in [9.17, 15) is 9.18 Å². The number of amides is 1. The van der Waals surface area contributed by atoms with Gasteiger partial charge in [-0.15, -0.1) is 0 Å². The molecule has 0 radical (unpaired) electrons. The molecule has 0 aliphatic carbocycles. The van der Waals surface area contributed by atoms with E-state index < -0.39 is 0 Å². The van der Waals surface area contributed by atoms with E-state index in [0.29, 0.717) is 18.7 Å². The number of anilines is 1. The lowest BCUT2D eigenvalue weighted by atomic mass is 10.1. The van der Waals surface area contributed by atoms with E-state index in [4.69, 9.17) is 4.74 Å². The number of nitrogens with zero attached hydrogens (tertiary/aromatic N) is 1. The number of hydrogen-bond acceptors (Lipinski definition) is 3. The molecule has 1 N–H and O–H groups in total. The van der Waals surface area contributed by atoms with Gasteiger partial charge in [-0.1, -0.05) is 18.2 Å². The van der Waals surface area contributed by atoms with E-state index >= 15 is 0 Å². The van der Waals surface area contributed by atoms with Crippen molar-refractivity contribution in [3.05, 3.63) is 59.9 Å². The number of benzene rings is 2. The normalized spacial score (nSPS) is 12.0. The Morgan fingerprint density at radius 1 is 1.25 bits per heavy atom. The summed E-state index contributed by atoms with van der Waals surface area (Å²) in [4.78, 5) is 14.1. The number of nitrogens with one attached hydrogen (secondary N) is 1. The highest BCUT2D eigenvalue weighted by Crippen LogP contribution is 2.21. The van der Waals surface area contributed by atoms with Crippen molar-refractivity contribution in [2.75, 3.05) is 26.0 Å². The average Bonchev–Trinajstić information content (AvgIpc) is 2.59. The summed E-state index contributed by atoms with van der Waals surface area (Å²) < 4.78 is 18.3. The molecule has 0 spiro atoms. The van der Waals surface area contributed by atoms with Crippen LogP contribution in [0.25, 0.3) is 0 Å². The number of methoxy groups -OCH3 is 1. The third-order valence-corrected chi connectivity index (χ3v) is 4.06. The fourth-order valence-electron chi connectivity index (χ4n) is 2.40. The van der Waals surface area contributed by atoms with Gasteiger partial charge < -0.3 is 10.1 Å². The fourth-order valence-corrected chi connectivity index (χ4v) is 2.40. The number of ether oxygens (including phenoxy) is 1. The molecule has 0 bridgehead atoms. The first-order valence-electron chi connectivity index (χ1n) is 7.89. The molecule has 24 heavy (non-hydrogen) atoms. The molecule has 128 valence electrons. The van der Waals surface area contributed by atoms with Gasteiger partial charge in [-0.2, -0.15) is 0 Å². The Morgan fingerprint density at radius 3 is 2.58 bits per heavy atom. The SMILES string of the molecule is COc1ccc(C(C)N(C)CCC(=O)Nc2cccc(F)c2)cc1. The maximum absolute atomic E-state index is 13.1. The van der Waals surface area contributed by atoms with Crippen LogP contribution in [0, 0.1) is 5.82 Å². The Bertz CT molecular complexity index is 673. The number of carbonyl (C=O) groups excluding carboxylic acids is 1. The Labute approximate surface area is 142 Å². The second-order valence-corrected chi connectivity index (χ2v) is 5.74. The molecule has 2 aromatic carbocycles. The number of hydrogen-bond donors (Lipinski definition) is 1. The zero-order chi connectivity index (χ0) is 17.5. The summed E-state index contributed by atoms with van der Waals surface area (Å²) in [6.45, 7) is 2.70. The molecular weight excluding hydrogens is 307 g/mol. The average molecular weight is 330 g/mol. The predicted octanol–water partition coefficient (Wildman–Crippen LogP) is 3.86. The second-order valence-electron chi connectivity index (χ2n) is 5.74. The van der Waals surface area contributed by atoms with Crippen molar-refractivity contribution in [1.82, 2.24) is 4.90 Å². The van der Waals surface area contributed by atoms with Crippen LogP contribution in [-0.2, 0) is 4.79 Å². The predicted molar refractivity (Wildman–Crippen MR) is 93.7 cm³/mol. The van der Waals surface area contributed by atoms with Crippen molar-refractivity contribution in [1.29, 1.82) is 0 Å². The molecule has 0 heterocycles. The van der Waals surface area contributed by atoms with Crippen LogP contribution < -0.4 is 10.1 Å². The van der Waals surface area contributed by atoms with Gasteiger partial charge in [0.1, 0.15) is 11.6 Å². The van der Waals surface area contributed by atoms with Gasteiger partial charge in [0.15, 0.2) is 0 Å². The molecule has 4 nitrogen and oxygen atoms in total. The van der Waals surface area contributed by atoms with E-state index in [1.165, 1.54) is 12.1 Å². The van der Waals surface area contributed by atoms with Crippen molar-refractivity contribution in [3.8, 4) is 5.75 Å². The van der Waals surface area contributed by atoms with Gasteiger partial charge >= 0.3 is 0 Å².